The first kappa shape index (κ1) is 22.0. The maximum Gasteiger partial charge on any atom is 0.223 e. The average Bonchev–Trinajstić information content (AvgIpc) is 3.24. The molecule has 0 radical (unpaired) electrons. The van der Waals surface area contributed by atoms with Crippen molar-refractivity contribution >= 4 is 35.8 Å². The summed E-state index contributed by atoms with van der Waals surface area (Å²) in [5, 5.41) is 7.63. The van der Waals surface area contributed by atoms with Crippen molar-refractivity contribution in [3.63, 3.8) is 0 Å². The number of aryl methyl sites for hydroxylation is 1. The Morgan fingerprint density at radius 1 is 1.37 bits per heavy atom. The summed E-state index contributed by atoms with van der Waals surface area (Å²) in [6.07, 6.45) is 9.19. The largest absolute Gasteiger partial charge is 0.370 e. The molecule has 2 aliphatic rings. The minimum atomic E-state index is -0.246. The van der Waals surface area contributed by atoms with Gasteiger partial charge in [0.2, 0.25) is 5.91 Å². The molecule has 1 aliphatic heterocycles. The van der Waals surface area contributed by atoms with E-state index in [1.54, 1.807) is 4.68 Å². The number of nitrogens with zero attached hydrogens (tertiary/aromatic N) is 4. The van der Waals surface area contributed by atoms with Gasteiger partial charge in [-0.15, -0.1) is 24.0 Å². The van der Waals surface area contributed by atoms with Crippen LogP contribution in [0.3, 0.4) is 0 Å². The fraction of sp³-hybridized carbons (Fsp3) is 0.737. The molecule has 27 heavy (non-hydrogen) atoms. The Morgan fingerprint density at radius 3 is 2.59 bits per heavy atom. The van der Waals surface area contributed by atoms with E-state index >= 15 is 0 Å². The van der Waals surface area contributed by atoms with Crippen LogP contribution in [0.15, 0.2) is 17.4 Å². The second-order valence-corrected chi connectivity index (χ2v) is 8.64. The highest BCUT2D eigenvalue weighted by Crippen LogP contribution is 2.42. The van der Waals surface area contributed by atoms with Crippen molar-refractivity contribution in [1.82, 2.24) is 20.0 Å². The van der Waals surface area contributed by atoms with Crippen LogP contribution in [0.2, 0.25) is 0 Å². The summed E-state index contributed by atoms with van der Waals surface area (Å²) in [6.45, 7) is 6.78. The Balaban J connectivity index is 0.00000261. The van der Waals surface area contributed by atoms with E-state index in [1.165, 1.54) is 12.8 Å². The van der Waals surface area contributed by atoms with Gasteiger partial charge in [0.15, 0.2) is 5.96 Å². The number of carbonyl (C=O) groups excluding carboxylic acids is 1. The van der Waals surface area contributed by atoms with E-state index in [4.69, 9.17) is 5.73 Å². The molecule has 3 N–H and O–H groups in total. The highest BCUT2D eigenvalue weighted by atomic mass is 127. The Hall–Kier alpha value is -1.32. The number of nitrogens with one attached hydrogen (secondary N) is 1. The molecule has 1 aromatic heterocycles. The molecule has 7 nitrogen and oxygen atoms in total. The molecule has 1 aliphatic carbocycles. The van der Waals surface area contributed by atoms with Crippen LogP contribution < -0.4 is 11.1 Å². The summed E-state index contributed by atoms with van der Waals surface area (Å²) >= 11 is 0. The molecule has 3 rings (SSSR count). The number of likely N-dealkylation sites (tertiary alicyclic amines) is 1. The van der Waals surface area contributed by atoms with Crippen LogP contribution in [0.4, 0.5) is 0 Å². The zero-order chi connectivity index (χ0) is 18.9. The topological polar surface area (TPSA) is 88.5 Å². The van der Waals surface area contributed by atoms with Gasteiger partial charge < -0.3 is 16.0 Å². The number of rotatable bonds is 4. The molecule has 8 heteroatoms. The standard InChI is InChI=1S/C19H32N6O.HI/c1-19(2,3)25-16(26)9-13(17(25)14-11-22-24(4)12-14)10-21-18(20)23-15-7-5-6-8-15;/h11-13,15,17H,5-10H2,1-4H3,(H3,20,21,23);1H/t13-,17+;/m0./s1. The van der Waals surface area contributed by atoms with Crippen LogP contribution in [0.25, 0.3) is 0 Å². The molecule has 2 fully saturated rings. The van der Waals surface area contributed by atoms with Crippen molar-refractivity contribution in [3.8, 4) is 0 Å². The van der Waals surface area contributed by atoms with Gasteiger partial charge in [-0.05, 0) is 33.6 Å². The van der Waals surface area contributed by atoms with Crippen LogP contribution in [-0.2, 0) is 11.8 Å². The number of amides is 1. The first-order valence-corrected chi connectivity index (χ1v) is 9.63. The first-order chi connectivity index (χ1) is 12.3. The van der Waals surface area contributed by atoms with Crippen molar-refractivity contribution in [3.05, 3.63) is 18.0 Å². The molecule has 152 valence electrons. The molecule has 1 saturated carbocycles. The lowest BCUT2D eigenvalue weighted by molar-refractivity contribution is -0.133. The molecule has 0 aromatic carbocycles. The van der Waals surface area contributed by atoms with E-state index in [-0.39, 0.29) is 47.4 Å². The third kappa shape index (κ3) is 5.14. The lowest BCUT2D eigenvalue weighted by Crippen LogP contribution is -2.44. The van der Waals surface area contributed by atoms with Gasteiger partial charge in [0.25, 0.3) is 0 Å². The van der Waals surface area contributed by atoms with E-state index in [2.05, 4.69) is 36.2 Å². The molecule has 1 amide bonds. The second-order valence-electron chi connectivity index (χ2n) is 8.64. The number of hydrogen-bond acceptors (Lipinski definition) is 3. The summed E-state index contributed by atoms with van der Waals surface area (Å²) in [4.78, 5) is 19.3. The fourth-order valence-electron chi connectivity index (χ4n) is 4.31. The van der Waals surface area contributed by atoms with Crippen LogP contribution in [0.5, 0.6) is 0 Å². The lowest BCUT2D eigenvalue weighted by Gasteiger charge is -2.38. The summed E-state index contributed by atoms with van der Waals surface area (Å²) in [6, 6.07) is 0.434. The number of nitrogens with two attached hydrogens (primary N) is 1. The molecule has 0 spiro atoms. The van der Waals surface area contributed by atoms with Crippen molar-refractivity contribution in [1.29, 1.82) is 0 Å². The van der Waals surface area contributed by atoms with Crippen molar-refractivity contribution in [2.24, 2.45) is 23.7 Å². The van der Waals surface area contributed by atoms with Crippen LogP contribution in [0.1, 0.15) is 64.5 Å². The number of aliphatic imine (C=N–C) groups is 1. The molecule has 0 unspecified atom stereocenters. The third-order valence-electron chi connectivity index (χ3n) is 5.42. The van der Waals surface area contributed by atoms with Crippen molar-refractivity contribution < 1.29 is 4.79 Å². The van der Waals surface area contributed by atoms with Gasteiger partial charge in [-0.2, -0.15) is 5.10 Å². The molecular weight excluding hydrogens is 455 g/mol. The summed E-state index contributed by atoms with van der Waals surface area (Å²) in [5.74, 6) is 0.784. The van der Waals surface area contributed by atoms with Gasteiger partial charge in [0.05, 0.1) is 12.2 Å². The zero-order valence-electron chi connectivity index (χ0n) is 16.8. The fourth-order valence-corrected chi connectivity index (χ4v) is 4.31. The van der Waals surface area contributed by atoms with Gasteiger partial charge in [-0.1, -0.05) is 12.8 Å². The Morgan fingerprint density at radius 2 is 2.04 bits per heavy atom. The van der Waals surface area contributed by atoms with Gasteiger partial charge in [-0.25, -0.2) is 0 Å². The molecule has 1 aromatic rings. The molecule has 2 atom stereocenters. The second kappa shape index (κ2) is 8.79. The van der Waals surface area contributed by atoms with Gasteiger partial charge in [0.1, 0.15) is 0 Å². The number of guanidine groups is 1. The number of carbonyl (C=O) groups is 1. The minimum Gasteiger partial charge on any atom is -0.370 e. The molecule has 2 heterocycles. The van der Waals surface area contributed by atoms with E-state index < -0.39 is 0 Å². The molecule has 0 bridgehead atoms. The SMILES string of the molecule is Cn1cc([C@H]2[C@H](CN=C(N)NC3CCCC3)CC(=O)N2C(C)(C)C)cn1.I. The van der Waals surface area contributed by atoms with Crippen LogP contribution >= 0.6 is 24.0 Å². The average molecular weight is 488 g/mol. The van der Waals surface area contributed by atoms with Crippen LogP contribution in [0, 0.1) is 5.92 Å². The van der Waals surface area contributed by atoms with E-state index in [1.807, 2.05) is 24.3 Å². The first-order valence-electron chi connectivity index (χ1n) is 9.63. The molecular formula is C19H33IN6O. The maximum atomic E-state index is 12.7. The van der Waals surface area contributed by atoms with Crippen LogP contribution in [-0.4, -0.2) is 44.7 Å². The maximum absolute atomic E-state index is 12.7. The molecule has 1 saturated heterocycles. The number of aromatic nitrogens is 2. The highest BCUT2D eigenvalue weighted by molar-refractivity contribution is 14.0. The summed E-state index contributed by atoms with van der Waals surface area (Å²) in [5.41, 5.74) is 6.92. The van der Waals surface area contributed by atoms with E-state index in [0.29, 0.717) is 25.0 Å². The normalized spacial score (nSPS) is 24.4. The van der Waals surface area contributed by atoms with Gasteiger partial charge >= 0.3 is 0 Å². The quantitative estimate of drug-likeness (QED) is 0.388. The summed E-state index contributed by atoms with van der Waals surface area (Å²) in [7, 11) is 1.90. The summed E-state index contributed by atoms with van der Waals surface area (Å²) < 4.78 is 1.79. The highest BCUT2D eigenvalue weighted by Gasteiger charge is 2.45. The number of halogens is 1. The minimum absolute atomic E-state index is 0. The predicted molar refractivity (Wildman–Crippen MR) is 118 cm³/mol. The Kier molecular flexibility index (Phi) is 7.15. The van der Waals surface area contributed by atoms with Gasteiger partial charge in [-0.3, -0.25) is 14.5 Å². The smallest absolute Gasteiger partial charge is 0.223 e. The lowest BCUT2D eigenvalue weighted by atomic mass is 9.93. The Labute approximate surface area is 179 Å². The van der Waals surface area contributed by atoms with Crippen molar-refractivity contribution in [2.75, 3.05) is 6.54 Å². The van der Waals surface area contributed by atoms with Crippen molar-refractivity contribution in [2.45, 2.75) is 70.5 Å². The van der Waals surface area contributed by atoms with E-state index in [9.17, 15) is 4.79 Å². The van der Waals surface area contributed by atoms with Gasteiger partial charge in [0, 0.05) is 49.3 Å². The monoisotopic (exact) mass is 488 g/mol. The number of hydrogen-bond donors (Lipinski definition) is 2. The van der Waals surface area contributed by atoms with E-state index in [0.717, 1.165) is 18.4 Å². The zero-order valence-corrected chi connectivity index (χ0v) is 19.1. The predicted octanol–water partition coefficient (Wildman–Crippen LogP) is 2.57. The Bertz CT molecular complexity index is 674. The third-order valence-corrected chi connectivity index (χ3v) is 5.42.